The summed E-state index contributed by atoms with van der Waals surface area (Å²) < 4.78 is 6.06. The lowest BCUT2D eigenvalue weighted by molar-refractivity contribution is 0.412. The number of hydrogen-bond acceptors (Lipinski definition) is 2. The zero-order chi connectivity index (χ0) is 9.84. The van der Waals surface area contributed by atoms with E-state index in [0.717, 1.165) is 21.4 Å². The van der Waals surface area contributed by atoms with Crippen molar-refractivity contribution in [2.45, 2.75) is 0 Å². The lowest BCUT2D eigenvalue weighted by Crippen LogP contribution is -2.01. The average Bonchev–Trinajstić information content (AvgIpc) is 2.17. The Morgan fingerprint density at radius 1 is 1.62 bits per heavy atom. The maximum Gasteiger partial charge on any atom is 0.133 e. The molecule has 0 heterocycles. The highest BCUT2D eigenvalue weighted by molar-refractivity contribution is 9.10. The summed E-state index contributed by atoms with van der Waals surface area (Å²) in [5, 5.41) is 0. The van der Waals surface area contributed by atoms with Gasteiger partial charge in [-0.1, -0.05) is 18.7 Å². The standard InChI is InChI=1S/C10H12BrNO/c1-7(6-12)8-4-3-5-9(13-2)10(8)11/h3-5H,1,6,12H2,2H3. The third-order valence-corrected chi connectivity index (χ3v) is 2.63. The van der Waals surface area contributed by atoms with E-state index in [4.69, 9.17) is 10.5 Å². The molecule has 1 aromatic carbocycles. The Kier molecular flexibility index (Phi) is 3.51. The molecule has 0 aliphatic rings. The van der Waals surface area contributed by atoms with Crippen LogP contribution < -0.4 is 10.5 Å². The second kappa shape index (κ2) is 4.44. The Hall–Kier alpha value is -0.800. The van der Waals surface area contributed by atoms with Crippen molar-refractivity contribution in [1.29, 1.82) is 0 Å². The fraction of sp³-hybridized carbons (Fsp3) is 0.200. The molecule has 0 aromatic heterocycles. The molecule has 0 aliphatic carbocycles. The highest BCUT2D eigenvalue weighted by Crippen LogP contribution is 2.31. The normalized spacial score (nSPS) is 9.77. The zero-order valence-corrected chi connectivity index (χ0v) is 9.10. The van der Waals surface area contributed by atoms with E-state index in [1.807, 2.05) is 18.2 Å². The summed E-state index contributed by atoms with van der Waals surface area (Å²) in [7, 11) is 1.63. The van der Waals surface area contributed by atoms with Crippen LogP contribution in [0.2, 0.25) is 0 Å². The van der Waals surface area contributed by atoms with Crippen LogP contribution in [0.5, 0.6) is 5.75 Å². The number of hydrogen-bond donors (Lipinski definition) is 1. The van der Waals surface area contributed by atoms with Gasteiger partial charge in [-0.2, -0.15) is 0 Å². The molecule has 0 unspecified atom stereocenters. The molecule has 0 saturated carbocycles. The van der Waals surface area contributed by atoms with Crippen LogP contribution in [0.25, 0.3) is 5.57 Å². The predicted octanol–water partition coefficient (Wildman–Crippen LogP) is 2.43. The summed E-state index contributed by atoms with van der Waals surface area (Å²) in [5.74, 6) is 0.798. The van der Waals surface area contributed by atoms with Gasteiger partial charge in [0, 0.05) is 6.54 Å². The Bertz CT molecular complexity index is 323. The fourth-order valence-corrected chi connectivity index (χ4v) is 1.76. The van der Waals surface area contributed by atoms with E-state index in [9.17, 15) is 0 Å². The summed E-state index contributed by atoms with van der Waals surface area (Å²) in [6.07, 6.45) is 0. The van der Waals surface area contributed by atoms with Crippen LogP contribution in [0.3, 0.4) is 0 Å². The van der Waals surface area contributed by atoms with E-state index in [2.05, 4.69) is 22.5 Å². The Balaban J connectivity index is 3.15. The van der Waals surface area contributed by atoms with Crippen LogP contribution in [-0.4, -0.2) is 13.7 Å². The molecule has 3 heteroatoms. The van der Waals surface area contributed by atoms with E-state index in [1.54, 1.807) is 7.11 Å². The van der Waals surface area contributed by atoms with E-state index in [-0.39, 0.29) is 0 Å². The zero-order valence-electron chi connectivity index (χ0n) is 7.51. The van der Waals surface area contributed by atoms with Gasteiger partial charge < -0.3 is 10.5 Å². The van der Waals surface area contributed by atoms with Crippen molar-refractivity contribution in [2.24, 2.45) is 5.73 Å². The molecule has 2 N–H and O–H groups in total. The van der Waals surface area contributed by atoms with Gasteiger partial charge in [0.15, 0.2) is 0 Å². The third-order valence-electron chi connectivity index (χ3n) is 1.81. The van der Waals surface area contributed by atoms with Gasteiger partial charge in [0.05, 0.1) is 11.6 Å². The SMILES string of the molecule is C=C(CN)c1cccc(OC)c1Br. The highest BCUT2D eigenvalue weighted by atomic mass is 79.9. The molecule has 13 heavy (non-hydrogen) atoms. The first kappa shape index (κ1) is 10.3. The Morgan fingerprint density at radius 3 is 2.85 bits per heavy atom. The Labute approximate surface area is 86.5 Å². The number of benzene rings is 1. The third kappa shape index (κ3) is 2.11. The van der Waals surface area contributed by atoms with Crippen LogP contribution in [0.4, 0.5) is 0 Å². The smallest absolute Gasteiger partial charge is 0.133 e. The summed E-state index contributed by atoms with van der Waals surface area (Å²) in [6, 6.07) is 5.76. The first-order valence-corrected chi connectivity index (χ1v) is 4.70. The first-order chi connectivity index (χ1) is 6.20. The predicted molar refractivity (Wildman–Crippen MR) is 58.8 cm³/mol. The molecule has 0 saturated heterocycles. The van der Waals surface area contributed by atoms with Gasteiger partial charge in [-0.25, -0.2) is 0 Å². The molecule has 0 spiro atoms. The molecule has 0 radical (unpaired) electrons. The van der Waals surface area contributed by atoms with Crippen molar-refractivity contribution in [3.8, 4) is 5.75 Å². The number of nitrogens with two attached hydrogens (primary N) is 1. The number of methoxy groups -OCH3 is 1. The number of halogens is 1. The van der Waals surface area contributed by atoms with Crippen molar-refractivity contribution >= 4 is 21.5 Å². The van der Waals surface area contributed by atoms with Gasteiger partial charge >= 0.3 is 0 Å². The second-order valence-electron chi connectivity index (χ2n) is 2.63. The number of ether oxygens (including phenoxy) is 1. The van der Waals surface area contributed by atoms with E-state index in [1.165, 1.54) is 0 Å². The number of rotatable bonds is 3. The maximum absolute atomic E-state index is 5.50. The van der Waals surface area contributed by atoms with Gasteiger partial charge in [-0.05, 0) is 33.1 Å². The van der Waals surface area contributed by atoms with Crippen LogP contribution in [0.1, 0.15) is 5.56 Å². The largest absolute Gasteiger partial charge is 0.496 e. The lowest BCUT2D eigenvalue weighted by atomic mass is 10.1. The molecule has 0 fully saturated rings. The lowest BCUT2D eigenvalue weighted by Gasteiger charge is -2.09. The van der Waals surface area contributed by atoms with Gasteiger partial charge in [0.1, 0.15) is 5.75 Å². The van der Waals surface area contributed by atoms with E-state index in [0.29, 0.717) is 6.54 Å². The van der Waals surface area contributed by atoms with Gasteiger partial charge in [-0.15, -0.1) is 0 Å². The first-order valence-electron chi connectivity index (χ1n) is 3.91. The highest BCUT2D eigenvalue weighted by Gasteiger charge is 2.06. The minimum absolute atomic E-state index is 0.450. The summed E-state index contributed by atoms with van der Waals surface area (Å²) in [6.45, 7) is 4.32. The second-order valence-corrected chi connectivity index (χ2v) is 3.42. The van der Waals surface area contributed by atoms with E-state index < -0.39 is 0 Å². The quantitative estimate of drug-likeness (QED) is 0.883. The van der Waals surface area contributed by atoms with Gasteiger partial charge in [-0.3, -0.25) is 0 Å². The molecule has 0 amide bonds. The Morgan fingerprint density at radius 2 is 2.31 bits per heavy atom. The van der Waals surface area contributed by atoms with E-state index >= 15 is 0 Å². The molecular formula is C10H12BrNO. The molecular weight excluding hydrogens is 230 g/mol. The summed E-state index contributed by atoms with van der Waals surface area (Å²) >= 11 is 3.44. The summed E-state index contributed by atoms with van der Waals surface area (Å²) in [5.41, 5.74) is 7.40. The monoisotopic (exact) mass is 241 g/mol. The molecule has 1 rings (SSSR count). The minimum Gasteiger partial charge on any atom is -0.496 e. The molecule has 70 valence electrons. The molecule has 1 aromatic rings. The minimum atomic E-state index is 0.450. The van der Waals surface area contributed by atoms with Crippen molar-refractivity contribution in [3.63, 3.8) is 0 Å². The molecule has 0 aliphatic heterocycles. The van der Waals surface area contributed by atoms with Crippen LogP contribution >= 0.6 is 15.9 Å². The average molecular weight is 242 g/mol. The van der Waals surface area contributed by atoms with Crippen molar-refractivity contribution in [3.05, 3.63) is 34.8 Å². The molecule has 0 atom stereocenters. The van der Waals surface area contributed by atoms with Gasteiger partial charge in [0.25, 0.3) is 0 Å². The van der Waals surface area contributed by atoms with Crippen LogP contribution in [0, 0.1) is 0 Å². The summed E-state index contributed by atoms with van der Waals surface area (Å²) in [4.78, 5) is 0. The molecule has 2 nitrogen and oxygen atoms in total. The topological polar surface area (TPSA) is 35.2 Å². The molecule has 0 bridgehead atoms. The van der Waals surface area contributed by atoms with Crippen molar-refractivity contribution in [1.82, 2.24) is 0 Å². The van der Waals surface area contributed by atoms with Crippen molar-refractivity contribution < 1.29 is 4.74 Å². The fourth-order valence-electron chi connectivity index (χ4n) is 1.05. The van der Waals surface area contributed by atoms with Gasteiger partial charge in [0.2, 0.25) is 0 Å². The van der Waals surface area contributed by atoms with Crippen LogP contribution in [0.15, 0.2) is 29.3 Å². The van der Waals surface area contributed by atoms with Crippen LogP contribution in [-0.2, 0) is 0 Å². The van der Waals surface area contributed by atoms with Crippen molar-refractivity contribution in [2.75, 3.05) is 13.7 Å². The maximum atomic E-state index is 5.50.